The first-order valence-electron chi connectivity index (χ1n) is 6.30. The zero-order chi connectivity index (χ0) is 13.0. The first-order chi connectivity index (χ1) is 7.93. The fourth-order valence-electron chi connectivity index (χ4n) is 2.18. The van der Waals surface area contributed by atoms with Gasteiger partial charge in [-0.1, -0.05) is 39.3 Å². The summed E-state index contributed by atoms with van der Waals surface area (Å²) < 4.78 is 1.91. The molecule has 1 aromatic rings. The Morgan fingerprint density at radius 1 is 1.29 bits per heavy atom. The summed E-state index contributed by atoms with van der Waals surface area (Å²) in [5.74, 6) is 3.09. The van der Waals surface area contributed by atoms with Crippen molar-refractivity contribution in [2.45, 2.75) is 34.2 Å². The lowest BCUT2D eigenvalue weighted by Crippen LogP contribution is -2.30. The molecule has 1 N–H and O–H groups in total. The Bertz CT molecular complexity index is 336. The quantitative estimate of drug-likeness (QED) is 0.849. The fraction of sp³-hybridized carbons (Fsp3) is 0.769. The van der Waals surface area contributed by atoms with Gasteiger partial charge in [-0.05, 0) is 24.3 Å². The Morgan fingerprint density at radius 3 is 2.29 bits per heavy atom. The Labute approximate surface area is 110 Å². The first-order valence-corrected chi connectivity index (χ1v) is 6.68. The summed E-state index contributed by atoms with van der Waals surface area (Å²) in [4.78, 5) is 4.27. The molecular formula is C13H24ClN3. The van der Waals surface area contributed by atoms with Gasteiger partial charge >= 0.3 is 0 Å². The van der Waals surface area contributed by atoms with Crippen molar-refractivity contribution in [1.29, 1.82) is 0 Å². The van der Waals surface area contributed by atoms with Crippen molar-refractivity contribution < 1.29 is 0 Å². The summed E-state index contributed by atoms with van der Waals surface area (Å²) in [7, 11) is 1.94. The average molecular weight is 258 g/mol. The van der Waals surface area contributed by atoms with E-state index in [1.165, 1.54) is 0 Å². The molecular weight excluding hydrogens is 234 g/mol. The summed E-state index contributed by atoms with van der Waals surface area (Å²) in [5, 5.41) is 4.16. The van der Waals surface area contributed by atoms with Gasteiger partial charge in [-0.3, -0.25) is 0 Å². The second kappa shape index (κ2) is 6.41. The van der Waals surface area contributed by atoms with Crippen molar-refractivity contribution in [1.82, 2.24) is 14.9 Å². The highest BCUT2D eigenvalue weighted by atomic mass is 35.5. The molecule has 0 aliphatic rings. The lowest BCUT2D eigenvalue weighted by atomic mass is 9.85. The third kappa shape index (κ3) is 4.00. The monoisotopic (exact) mass is 257 g/mol. The highest BCUT2D eigenvalue weighted by molar-refractivity contribution is 6.29. The molecule has 3 nitrogen and oxygen atoms in total. The minimum Gasteiger partial charge on any atom is -0.321 e. The Morgan fingerprint density at radius 2 is 1.88 bits per heavy atom. The first kappa shape index (κ1) is 14.5. The molecule has 0 spiro atoms. The van der Waals surface area contributed by atoms with Crippen LogP contribution in [0.25, 0.3) is 0 Å². The summed E-state index contributed by atoms with van der Waals surface area (Å²) in [5.41, 5.74) is 0. The standard InChI is InChI=1S/C13H24ClN3/c1-9(2)11(10(3)4)6-15-8-13-16-7-12(14)17(13)5/h7,9-11,15H,6,8H2,1-5H3. The molecule has 0 fully saturated rings. The molecule has 0 unspecified atom stereocenters. The molecule has 0 radical (unpaired) electrons. The highest BCUT2D eigenvalue weighted by Crippen LogP contribution is 2.19. The van der Waals surface area contributed by atoms with Crippen molar-refractivity contribution in [2.24, 2.45) is 24.8 Å². The number of rotatable bonds is 6. The van der Waals surface area contributed by atoms with Crippen LogP contribution in [-0.4, -0.2) is 16.1 Å². The molecule has 0 saturated carbocycles. The number of imidazole rings is 1. The van der Waals surface area contributed by atoms with Crippen LogP contribution in [0, 0.1) is 17.8 Å². The van der Waals surface area contributed by atoms with E-state index >= 15 is 0 Å². The van der Waals surface area contributed by atoms with E-state index in [4.69, 9.17) is 11.6 Å². The second-order valence-corrected chi connectivity index (χ2v) is 5.73. The minimum absolute atomic E-state index is 0.686. The van der Waals surface area contributed by atoms with Gasteiger partial charge < -0.3 is 9.88 Å². The molecule has 0 bridgehead atoms. The maximum absolute atomic E-state index is 5.94. The van der Waals surface area contributed by atoms with Crippen molar-refractivity contribution in [3.05, 3.63) is 17.2 Å². The van der Waals surface area contributed by atoms with Crippen LogP contribution in [0.5, 0.6) is 0 Å². The SMILES string of the molecule is CC(C)C(CNCc1ncc(Cl)n1C)C(C)C. The molecule has 1 aromatic heterocycles. The molecule has 0 aromatic carbocycles. The number of nitrogens with zero attached hydrogens (tertiary/aromatic N) is 2. The van der Waals surface area contributed by atoms with Gasteiger partial charge in [0.2, 0.25) is 0 Å². The largest absolute Gasteiger partial charge is 0.321 e. The molecule has 0 aliphatic heterocycles. The maximum atomic E-state index is 5.94. The van der Waals surface area contributed by atoms with Gasteiger partial charge in [0.15, 0.2) is 0 Å². The summed E-state index contributed by atoms with van der Waals surface area (Å²) in [6.45, 7) is 10.9. The van der Waals surface area contributed by atoms with Crippen LogP contribution in [0.2, 0.25) is 5.15 Å². The summed E-state index contributed by atoms with van der Waals surface area (Å²) in [6, 6.07) is 0. The van der Waals surface area contributed by atoms with Crippen molar-refractivity contribution in [2.75, 3.05) is 6.54 Å². The van der Waals surface area contributed by atoms with Gasteiger partial charge in [-0.15, -0.1) is 0 Å². The van der Waals surface area contributed by atoms with E-state index in [1.807, 2.05) is 11.6 Å². The van der Waals surface area contributed by atoms with Crippen molar-refractivity contribution in [3.8, 4) is 0 Å². The van der Waals surface area contributed by atoms with E-state index in [9.17, 15) is 0 Å². The van der Waals surface area contributed by atoms with Crippen molar-refractivity contribution >= 4 is 11.6 Å². The lowest BCUT2D eigenvalue weighted by molar-refractivity contribution is 0.274. The van der Waals surface area contributed by atoms with E-state index < -0.39 is 0 Å². The minimum atomic E-state index is 0.686. The normalized spacial score (nSPS) is 12.1. The predicted octanol–water partition coefficient (Wildman–Crippen LogP) is 3.09. The maximum Gasteiger partial charge on any atom is 0.128 e. The number of aromatic nitrogens is 2. The fourth-order valence-corrected chi connectivity index (χ4v) is 2.33. The van der Waals surface area contributed by atoms with Crippen LogP contribution >= 0.6 is 11.6 Å². The molecule has 1 rings (SSSR count). The molecule has 0 saturated heterocycles. The molecule has 0 amide bonds. The Hall–Kier alpha value is -0.540. The molecule has 98 valence electrons. The van der Waals surface area contributed by atoms with Crippen LogP contribution in [0.1, 0.15) is 33.5 Å². The van der Waals surface area contributed by atoms with Crippen LogP contribution < -0.4 is 5.32 Å². The predicted molar refractivity (Wildman–Crippen MR) is 73.1 cm³/mol. The van der Waals surface area contributed by atoms with Crippen LogP contribution in [0.3, 0.4) is 0 Å². The zero-order valence-electron chi connectivity index (χ0n) is 11.5. The van der Waals surface area contributed by atoms with Gasteiger partial charge in [-0.2, -0.15) is 0 Å². The van der Waals surface area contributed by atoms with E-state index in [0.717, 1.165) is 18.9 Å². The van der Waals surface area contributed by atoms with E-state index in [-0.39, 0.29) is 0 Å². The van der Waals surface area contributed by atoms with Crippen LogP contribution in [0.4, 0.5) is 0 Å². The smallest absolute Gasteiger partial charge is 0.128 e. The lowest BCUT2D eigenvalue weighted by Gasteiger charge is -2.25. The van der Waals surface area contributed by atoms with Gasteiger partial charge in [-0.25, -0.2) is 4.98 Å². The van der Waals surface area contributed by atoms with E-state index in [1.54, 1.807) is 6.20 Å². The number of hydrogen-bond donors (Lipinski definition) is 1. The average Bonchev–Trinajstić information content (AvgIpc) is 2.54. The molecule has 1 heterocycles. The van der Waals surface area contributed by atoms with Gasteiger partial charge in [0, 0.05) is 7.05 Å². The number of halogens is 1. The Kier molecular flexibility index (Phi) is 5.47. The molecule has 17 heavy (non-hydrogen) atoms. The van der Waals surface area contributed by atoms with E-state index in [2.05, 4.69) is 38.0 Å². The van der Waals surface area contributed by atoms with Crippen LogP contribution in [0.15, 0.2) is 6.20 Å². The third-order valence-corrected chi connectivity index (χ3v) is 3.75. The molecule has 0 aliphatic carbocycles. The van der Waals surface area contributed by atoms with Gasteiger partial charge in [0.05, 0.1) is 12.7 Å². The van der Waals surface area contributed by atoms with Crippen molar-refractivity contribution in [3.63, 3.8) is 0 Å². The van der Waals surface area contributed by atoms with Gasteiger partial charge in [0.25, 0.3) is 0 Å². The molecule has 0 atom stereocenters. The summed E-state index contributed by atoms with van der Waals surface area (Å²) >= 11 is 5.94. The second-order valence-electron chi connectivity index (χ2n) is 5.34. The highest BCUT2D eigenvalue weighted by Gasteiger charge is 2.17. The summed E-state index contributed by atoms with van der Waals surface area (Å²) in [6.07, 6.45) is 1.70. The number of hydrogen-bond acceptors (Lipinski definition) is 2. The molecule has 4 heteroatoms. The zero-order valence-corrected chi connectivity index (χ0v) is 12.3. The van der Waals surface area contributed by atoms with E-state index in [0.29, 0.717) is 22.9 Å². The Balaban J connectivity index is 2.44. The van der Waals surface area contributed by atoms with Crippen LogP contribution in [-0.2, 0) is 13.6 Å². The third-order valence-electron chi connectivity index (χ3n) is 3.40. The van der Waals surface area contributed by atoms with Gasteiger partial charge in [0.1, 0.15) is 11.0 Å². The topological polar surface area (TPSA) is 29.9 Å². The number of nitrogens with one attached hydrogen (secondary N) is 1.